The van der Waals surface area contributed by atoms with Crippen molar-refractivity contribution in [3.8, 4) is 6.07 Å². The van der Waals surface area contributed by atoms with Crippen molar-refractivity contribution in [2.45, 2.75) is 45.8 Å². The monoisotopic (exact) mass is 302 g/mol. The summed E-state index contributed by atoms with van der Waals surface area (Å²) < 4.78 is 38.6. The van der Waals surface area contributed by atoms with Gasteiger partial charge in [-0.25, -0.2) is 0 Å². The summed E-state index contributed by atoms with van der Waals surface area (Å²) in [5.74, 6) is 0. The molecule has 1 aliphatic heterocycles. The molecule has 0 unspecified atom stereocenters. The van der Waals surface area contributed by atoms with Crippen LogP contribution in [0.4, 0.5) is 13.2 Å². The molecule has 1 aromatic rings. The highest BCUT2D eigenvalue weighted by atomic mass is 19.4. The van der Waals surface area contributed by atoms with E-state index < -0.39 is 18.3 Å². The molecule has 0 N–H and O–H groups in total. The van der Waals surface area contributed by atoms with Gasteiger partial charge < -0.3 is 0 Å². The van der Waals surface area contributed by atoms with Crippen molar-refractivity contribution >= 4 is 0 Å². The minimum atomic E-state index is -4.20. The number of likely N-dealkylation sites (tertiary alicyclic amines) is 1. The van der Waals surface area contributed by atoms with Gasteiger partial charge in [-0.1, -0.05) is 13.8 Å². The fourth-order valence-electron chi connectivity index (χ4n) is 2.43. The van der Waals surface area contributed by atoms with Crippen LogP contribution in [0.3, 0.4) is 0 Å². The van der Waals surface area contributed by atoms with E-state index >= 15 is 0 Å². The second-order valence-corrected chi connectivity index (χ2v) is 5.16. The van der Waals surface area contributed by atoms with Crippen LogP contribution in [-0.2, 0) is 5.54 Å². The van der Waals surface area contributed by atoms with Gasteiger partial charge in [-0.3, -0.25) is 9.58 Å². The zero-order valence-corrected chi connectivity index (χ0v) is 12.8. The molecule has 1 aromatic heterocycles. The zero-order chi connectivity index (χ0) is 16.3. The van der Waals surface area contributed by atoms with Crippen molar-refractivity contribution in [2.24, 2.45) is 0 Å². The van der Waals surface area contributed by atoms with Gasteiger partial charge in [0.1, 0.15) is 5.54 Å². The second kappa shape index (κ2) is 6.48. The lowest BCUT2D eigenvalue weighted by Gasteiger charge is -2.49. The first kappa shape index (κ1) is 17.5. The first-order valence-electron chi connectivity index (χ1n) is 6.95. The van der Waals surface area contributed by atoms with Crippen LogP contribution < -0.4 is 0 Å². The summed E-state index contributed by atoms with van der Waals surface area (Å²) in [7, 11) is 0. The standard InChI is InChI=1S/C12H15F3N4.C2H6/c1-9-5-19(17-10(9)2)11(3-4-16)6-18(7-11)8-12(13,14)15;1-2/h5H,3,6-8H2,1-2H3;1-2H3. The Labute approximate surface area is 123 Å². The van der Waals surface area contributed by atoms with E-state index in [0.717, 1.165) is 11.3 Å². The quantitative estimate of drug-likeness (QED) is 0.862. The third kappa shape index (κ3) is 3.97. The fourth-order valence-corrected chi connectivity index (χ4v) is 2.43. The first-order valence-corrected chi connectivity index (χ1v) is 6.95. The van der Waals surface area contributed by atoms with Gasteiger partial charge in [0, 0.05) is 19.3 Å². The van der Waals surface area contributed by atoms with Gasteiger partial charge in [0.25, 0.3) is 0 Å². The van der Waals surface area contributed by atoms with E-state index in [2.05, 4.69) is 11.2 Å². The highest BCUT2D eigenvalue weighted by Gasteiger charge is 2.48. The van der Waals surface area contributed by atoms with Crippen LogP contribution in [0.25, 0.3) is 0 Å². The molecule has 2 rings (SSSR count). The lowest BCUT2D eigenvalue weighted by molar-refractivity contribution is -0.167. The number of aromatic nitrogens is 2. The minimum Gasteiger partial charge on any atom is -0.290 e. The zero-order valence-electron chi connectivity index (χ0n) is 12.8. The van der Waals surface area contributed by atoms with E-state index in [1.54, 1.807) is 10.9 Å². The normalized spacial score (nSPS) is 17.4. The maximum absolute atomic E-state index is 12.3. The number of alkyl halides is 3. The Kier molecular flexibility index (Phi) is 5.40. The molecule has 0 amide bonds. The number of nitriles is 1. The number of hydrogen-bond acceptors (Lipinski definition) is 3. The van der Waals surface area contributed by atoms with Crippen molar-refractivity contribution in [3.05, 3.63) is 17.5 Å². The topological polar surface area (TPSA) is 44.9 Å². The molecule has 0 bridgehead atoms. The Morgan fingerprint density at radius 3 is 2.29 bits per heavy atom. The highest BCUT2D eigenvalue weighted by molar-refractivity contribution is 5.16. The van der Waals surface area contributed by atoms with Gasteiger partial charge in [0.15, 0.2) is 0 Å². The average Bonchev–Trinajstić information content (AvgIpc) is 2.68. The Bertz CT molecular complexity index is 488. The Hall–Kier alpha value is -1.55. The van der Waals surface area contributed by atoms with Gasteiger partial charge in [0.2, 0.25) is 0 Å². The molecular weight excluding hydrogens is 281 g/mol. The highest BCUT2D eigenvalue weighted by Crippen LogP contribution is 2.34. The fraction of sp³-hybridized carbons (Fsp3) is 0.714. The second-order valence-electron chi connectivity index (χ2n) is 5.16. The van der Waals surface area contributed by atoms with Crippen LogP contribution in [-0.4, -0.2) is 40.5 Å². The van der Waals surface area contributed by atoms with Crippen LogP contribution in [0.15, 0.2) is 6.20 Å². The van der Waals surface area contributed by atoms with E-state index in [1.165, 1.54) is 4.90 Å². The van der Waals surface area contributed by atoms with Crippen molar-refractivity contribution < 1.29 is 13.2 Å². The predicted octanol–water partition coefficient (Wildman–Crippen LogP) is 3.01. The van der Waals surface area contributed by atoms with E-state index in [9.17, 15) is 13.2 Å². The maximum atomic E-state index is 12.3. The molecule has 1 fully saturated rings. The average molecular weight is 302 g/mol. The summed E-state index contributed by atoms with van der Waals surface area (Å²) in [4.78, 5) is 1.30. The summed E-state index contributed by atoms with van der Waals surface area (Å²) in [6.07, 6.45) is -2.23. The van der Waals surface area contributed by atoms with Crippen LogP contribution in [0.2, 0.25) is 0 Å². The van der Waals surface area contributed by atoms with Gasteiger partial charge in [-0.15, -0.1) is 0 Å². The van der Waals surface area contributed by atoms with Gasteiger partial charge in [-0.05, 0) is 19.4 Å². The molecule has 1 aliphatic rings. The number of halogens is 3. The first-order chi connectivity index (χ1) is 9.76. The summed E-state index contributed by atoms with van der Waals surface area (Å²) >= 11 is 0. The van der Waals surface area contributed by atoms with Crippen LogP contribution >= 0.6 is 0 Å². The van der Waals surface area contributed by atoms with Crippen LogP contribution in [0, 0.1) is 25.2 Å². The lowest BCUT2D eigenvalue weighted by Crippen LogP contribution is -2.64. The van der Waals surface area contributed by atoms with E-state index in [-0.39, 0.29) is 19.5 Å². The lowest BCUT2D eigenvalue weighted by atomic mass is 9.87. The molecule has 2 heterocycles. The van der Waals surface area contributed by atoms with Gasteiger partial charge >= 0.3 is 6.18 Å². The van der Waals surface area contributed by atoms with E-state index in [0.29, 0.717) is 0 Å². The van der Waals surface area contributed by atoms with E-state index in [4.69, 9.17) is 5.26 Å². The van der Waals surface area contributed by atoms with Gasteiger partial charge in [0.05, 0.1) is 24.7 Å². The molecule has 118 valence electrons. The SMILES string of the molecule is CC.Cc1cn(C2(CC#N)CN(CC(F)(F)F)C2)nc1C. The molecular formula is C14H21F3N4. The molecule has 7 heteroatoms. The minimum absolute atomic E-state index is 0.169. The molecule has 1 saturated heterocycles. The Morgan fingerprint density at radius 1 is 1.33 bits per heavy atom. The summed E-state index contributed by atoms with van der Waals surface area (Å²) in [5, 5.41) is 13.2. The third-order valence-corrected chi connectivity index (χ3v) is 3.48. The molecule has 4 nitrogen and oxygen atoms in total. The molecule has 0 aliphatic carbocycles. The Balaban J connectivity index is 0.00000106. The largest absolute Gasteiger partial charge is 0.401 e. The Morgan fingerprint density at radius 2 is 1.90 bits per heavy atom. The number of rotatable bonds is 3. The van der Waals surface area contributed by atoms with Crippen molar-refractivity contribution in [3.63, 3.8) is 0 Å². The molecule has 0 saturated carbocycles. The summed E-state index contributed by atoms with van der Waals surface area (Å²) in [6.45, 7) is 7.23. The number of nitrogens with zero attached hydrogens (tertiary/aromatic N) is 4. The van der Waals surface area contributed by atoms with Crippen molar-refractivity contribution in [2.75, 3.05) is 19.6 Å². The summed E-state index contributed by atoms with van der Waals surface area (Å²) in [5.41, 5.74) is 1.21. The molecule has 0 radical (unpaired) electrons. The van der Waals surface area contributed by atoms with Crippen LogP contribution in [0.5, 0.6) is 0 Å². The predicted molar refractivity (Wildman–Crippen MR) is 73.7 cm³/mol. The third-order valence-electron chi connectivity index (χ3n) is 3.48. The maximum Gasteiger partial charge on any atom is 0.401 e. The molecule has 0 atom stereocenters. The number of hydrogen-bond donors (Lipinski definition) is 0. The number of aryl methyl sites for hydroxylation is 2. The summed E-state index contributed by atoms with van der Waals surface area (Å²) in [6, 6.07) is 2.05. The van der Waals surface area contributed by atoms with Crippen molar-refractivity contribution in [1.82, 2.24) is 14.7 Å². The van der Waals surface area contributed by atoms with Crippen LogP contribution in [0.1, 0.15) is 31.5 Å². The molecule has 21 heavy (non-hydrogen) atoms. The van der Waals surface area contributed by atoms with Crippen molar-refractivity contribution in [1.29, 1.82) is 5.26 Å². The van der Waals surface area contributed by atoms with E-state index in [1.807, 2.05) is 27.7 Å². The smallest absolute Gasteiger partial charge is 0.290 e. The van der Waals surface area contributed by atoms with Gasteiger partial charge in [-0.2, -0.15) is 23.5 Å². The molecule has 0 spiro atoms. The molecule has 0 aromatic carbocycles.